The van der Waals surface area contributed by atoms with E-state index in [1.54, 1.807) is 4.90 Å². The zero-order valence-corrected chi connectivity index (χ0v) is 24.5. The average molecular weight is 553 g/mol. The molecule has 214 valence electrons. The number of thiazole rings is 1. The number of esters is 1. The molecule has 1 fully saturated rings. The summed E-state index contributed by atoms with van der Waals surface area (Å²) in [5.74, 6) is -2.04. The number of carbonyl (C=O) groups is 4. The number of piperidine rings is 1. The van der Waals surface area contributed by atoms with Gasteiger partial charge in [-0.3, -0.25) is 19.3 Å². The largest absolute Gasteiger partial charge is 0.476 e. The number of carbonyl (C=O) groups excluding carboxylic acids is 3. The number of ether oxygens (including phenoxy) is 1. The lowest BCUT2D eigenvalue weighted by Gasteiger charge is -2.39. The second kappa shape index (κ2) is 14.6. The zero-order valence-electron chi connectivity index (χ0n) is 23.7. The summed E-state index contributed by atoms with van der Waals surface area (Å²) in [4.78, 5) is 58.6. The first-order valence-corrected chi connectivity index (χ1v) is 14.5. The molecule has 0 radical (unpaired) electrons. The van der Waals surface area contributed by atoms with Crippen LogP contribution in [0.15, 0.2) is 5.38 Å². The van der Waals surface area contributed by atoms with E-state index in [9.17, 15) is 24.3 Å². The van der Waals surface area contributed by atoms with Crippen LogP contribution < -0.4 is 5.32 Å². The van der Waals surface area contributed by atoms with Crippen LogP contribution in [0.2, 0.25) is 0 Å². The van der Waals surface area contributed by atoms with Gasteiger partial charge in [0.25, 0.3) is 0 Å². The Bertz CT molecular complexity index is 967. The molecule has 2 heterocycles. The summed E-state index contributed by atoms with van der Waals surface area (Å²) in [6.07, 6.45) is 2.99. The van der Waals surface area contributed by atoms with Gasteiger partial charge in [0.05, 0.1) is 6.04 Å². The van der Waals surface area contributed by atoms with E-state index in [2.05, 4.69) is 15.2 Å². The Kier molecular flexibility index (Phi) is 12.2. The van der Waals surface area contributed by atoms with Crippen LogP contribution in [-0.2, 0) is 19.1 Å². The normalized spacial score (nSPS) is 19.3. The van der Waals surface area contributed by atoms with Crippen molar-refractivity contribution in [2.24, 2.45) is 11.8 Å². The van der Waals surface area contributed by atoms with Gasteiger partial charge in [-0.2, -0.15) is 0 Å². The summed E-state index contributed by atoms with van der Waals surface area (Å²) >= 11 is 1.11. The predicted octanol–water partition coefficient (Wildman–Crippen LogP) is 3.72. The van der Waals surface area contributed by atoms with Gasteiger partial charge in [-0.15, -0.1) is 11.3 Å². The van der Waals surface area contributed by atoms with Crippen LogP contribution >= 0.6 is 11.3 Å². The van der Waals surface area contributed by atoms with E-state index in [0.29, 0.717) is 18.0 Å². The highest BCUT2D eigenvalue weighted by Crippen LogP contribution is 2.31. The molecule has 1 aromatic rings. The summed E-state index contributed by atoms with van der Waals surface area (Å²) in [7, 11) is 1.94. The predicted molar refractivity (Wildman–Crippen MR) is 146 cm³/mol. The lowest BCUT2D eigenvalue weighted by atomic mass is 9.92. The van der Waals surface area contributed by atoms with Crippen molar-refractivity contribution in [3.8, 4) is 0 Å². The highest BCUT2D eigenvalue weighted by atomic mass is 32.1. The number of hydrogen-bond acceptors (Lipinski definition) is 8. The third kappa shape index (κ3) is 8.23. The van der Waals surface area contributed by atoms with E-state index in [1.807, 2.05) is 41.7 Å². The number of nitrogens with zero attached hydrogens (tertiary/aromatic N) is 3. The molecule has 5 atom stereocenters. The smallest absolute Gasteiger partial charge is 0.355 e. The molecule has 10 nitrogen and oxygen atoms in total. The summed E-state index contributed by atoms with van der Waals surface area (Å²) < 4.78 is 5.57. The summed E-state index contributed by atoms with van der Waals surface area (Å²) in [5, 5.41) is 14.2. The van der Waals surface area contributed by atoms with E-state index in [1.165, 1.54) is 12.3 Å². The van der Waals surface area contributed by atoms with E-state index in [0.717, 1.165) is 37.1 Å². The minimum absolute atomic E-state index is 0.00590. The maximum absolute atomic E-state index is 14.1. The number of rotatable bonds is 13. The molecular formula is C27H44N4O6S. The van der Waals surface area contributed by atoms with E-state index in [-0.39, 0.29) is 47.8 Å². The van der Waals surface area contributed by atoms with Crippen LogP contribution in [0.4, 0.5) is 0 Å². The maximum Gasteiger partial charge on any atom is 0.355 e. The molecule has 0 aromatic carbocycles. The van der Waals surface area contributed by atoms with Crippen molar-refractivity contribution in [2.75, 3.05) is 20.1 Å². The Hall–Kier alpha value is -2.53. The van der Waals surface area contributed by atoms with E-state index < -0.39 is 24.1 Å². The summed E-state index contributed by atoms with van der Waals surface area (Å²) in [6, 6.07) is -1.27. The fourth-order valence-electron chi connectivity index (χ4n) is 4.98. The Balaban J connectivity index is 2.33. The van der Waals surface area contributed by atoms with Gasteiger partial charge in [-0.1, -0.05) is 40.5 Å². The monoisotopic (exact) mass is 552 g/mol. The fraction of sp³-hybridized carbons (Fsp3) is 0.741. The molecular weight excluding hydrogens is 508 g/mol. The van der Waals surface area contributed by atoms with Crippen LogP contribution in [0.1, 0.15) is 95.2 Å². The maximum atomic E-state index is 14.1. The number of nitrogens with one attached hydrogen (secondary N) is 1. The van der Waals surface area contributed by atoms with Crippen LogP contribution in [0.25, 0.3) is 0 Å². The van der Waals surface area contributed by atoms with Gasteiger partial charge >= 0.3 is 11.9 Å². The number of aromatic nitrogens is 1. The van der Waals surface area contributed by atoms with Crippen LogP contribution in [0, 0.1) is 11.8 Å². The van der Waals surface area contributed by atoms with Crippen LogP contribution in [0.5, 0.6) is 0 Å². The van der Waals surface area contributed by atoms with Crippen LogP contribution in [-0.4, -0.2) is 81.9 Å². The van der Waals surface area contributed by atoms with Crippen molar-refractivity contribution in [2.45, 2.75) is 97.9 Å². The van der Waals surface area contributed by atoms with Crippen molar-refractivity contribution in [1.29, 1.82) is 0 Å². The van der Waals surface area contributed by atoms with Gasteiger partial charge in [0.15, 0.2) is 11.8 Å². The van der Waals surface area contributed by atoms with Gasteiger partial charge in [0.2, 0.25) is 11.8 Å². The Labute approximate surface area is 230 Å². The number of likely N-dealkylation sites (N-methyl/N-ethyl adjacent to an activating group) is 2. The number of hydrogen-bond donors (Lipinski definition) is 2. The molecule has 0 spiro atoms. The third-order valence-corrected chi connectivity index (χ3v) is 8.36. The van der Waals surface area contributed by atoms with E-state index in [4.69, 9.17) is 4.74 Å². The molecule has 1 aliphatic rings. The lowest BCUT2D eigenvalue weighted by molar-refractivity contribution is -0.149. The van der Waals surface area contributed by atoms with E-state index >= 15 is 0 Å². The van der Waals surface area contributed by atoms with Crippen molar-refractivity contribution in [3.63, 3.8) is 0 Å². The van der Waals surface area contributed by atoms with Crippen molar-refractivity contribution >= 4 is 35.1 Å². The molecule has 2 amide bonds. The molecule has 0 unspecified atom stereocenters. The summed E-state index contributed by atoms with van der Waals surface area (Å²) in [6.45, 7) is 12.4. The number of carboxylic acids is 1. The number of likely N-dealkylation sites (tertiary alicyclic amines) is 1. The minimum Gasteiger partial charge on any atom is -0.476 e. The van der Waals surface area contributed by atoms with Crippen LogP contribution in [0.3, 0.4) is 0 Å². The quantitative estimate of drug-likeness (QED) is 0.354. The minimum atomic E-state index is -1.16. The van der Waals surface area contributed by atoms with Crippen molar-refractivity contribution in [3.05, 3.63) is 16.1 Å². The van der Waals surface area contributed by atoms with Gasteiger partial charge in [-0.05, 0) is 45.2 Å². The molecule has 0 bridgehead atoms. The standard InChI is InChI=1S/C27H44N4O6S/c1-8-17(5)23(29-24(33)20-12-10-11-13-30(20)7)26(34)31(9-2)21(16(3)4)14-22(37-18(6)32)25-28-19(15-38-25)27(35)36/h15-17,20-23H,8-14H2,1-7H3,(H,29,33)(H,35,36)/t17-,20+,21+,22+,23-/m0/s1. The lowest BCUT2D eigenvalue weighted by Crippen LogP contribution is -2.58. The third-order valence-electron chi connectivity index (χ3n) is 7.42. The average Bonchev–Trinajstić information content (AvgIpc) is 3.36. The molecule has 0 aliphatic carbocycles. The number of aromatic carboxylic acids is 1. The molecule has 1 aliphatic heterocycles. The van der Waals surface area contributed by atoms with Gasteiger partial charge in [0.1, 0.15) is 11.0 Å². The number of amides is 2. The molecule has 2 N–H and O–H groups in total. The molecule has 2 rings (SSSR count). The highest BCUT2D eigenvalue weighted by molar-refractivity contribution is 7.09. The van der Waals surface area contributed by atoms with Gasteiger partial charge in [-0.25, -0.2) is 9.78 Å². The van der Waals surface area contributed by atoms with Gasteiger partial charge in [0, 0.05) is 31.3 Å². The topological polar surface area (TPSA) is 129 Å². The molecule has 0 saturated carbocycles. The molecule has 11 heteroatoms. The molecule has 38 heavy (non-hydrogen) atoms. The first kappa shape index (κ1) is 31.7. The number of carboxylic acid groups (broad SMARTS) is 1. The Morgan fingerprint density at radius 2 is 1.92 bits per heavy atom. The molecule has 1 saturated heterocycles. The Morgan fingerprint density at radius 3 is 2.42 bits per heavy atom. The second-order valence-corrected chi connectivity index (χ2v) is 11.4. The SMILES string of the molecule is CC[C@H](C)[C@H](NC(=O)[C@H]1CCCCN1C)C(=O)N(CC)[C@H](C[C@@H](OC(C)=O)c1nc(C(=O)O)cs1)C(C)C. The Morgan fingerprint density at radius 1 is 1.24 bits per heavy atom. The fourth-order valence-corrected chi connectivity index (χ4v) is 5.82. The molecule has 1 aromatic heterocycles. The first-order chi connectivity index (χ1) is 17.9. The van der Waals surface area contributed by atoms with Gasteiger partial charge < -0.3 is 20.1 Å². The highest BCUT2D eigenvalue weighted by Gasteiger charge is 2.38. The first-order valence-electron chi connectivity index (χ1n) is 13.6. The van der Waals surface area contributed by atoms with Crippen molar-refractivity contribution in [1.82, 2.24) is 20.1 Å². The summed E-state index contributed by atoms with van der Waals surface area (Å²) in [5.41, 5.74) is -0.112. The van der Waals surface area contributed by atoms with Crippen molar-refractivity contribution < 1.29 is 29.0 Å². The zero-order chi connectivity index (χ0) is 28.6. The second-order valence-electron chi connectivity index (χ2n) is 10.5.